The van der Waals surface area contributed by atoms with Gasteiger partial charge in [0.1, 0.15) is 11.9 Å². The van der Waals surface area contributed by atoms with Crippen LogP contribution >= 0.6 is 0 Å². The van der Waals surface area contributed by atoms with Crippen LogP contribution in [0.15, 0.2) is 54.6 Å². The van der Waals surface area contributed by atoms with E-state index in [2.05, 4.69) is 19.2 Å². The maximum Gasteiger partial charge on any atom is 0.321 e. The van der Waals surface area contributed by atoms with Crippen molar-refractivity contribution >= 4 is 11.7 Å². The van der Waals surface area contributed by atoms with Crippen LogP contribution in [0, 0.1) is 5.92 Å². The number of hydrogen-bond acceptors (Lipinski definition) is 2. The molecule has 24 heavy (non-hydrogen) atoms. The molecule has 0 aliphatic heterocycles. The molecule has 2 aromatic carbocycles. The minimum absolute atomic E-state index is 0.0994. The molecule has 0 radical (unpaired) electrons. The fourth-order valence-electron chi connectivity index (χ4n) is 2.50. The standard InChI is InChI=1S/C20H26N2O2/c1-15(2)14-22(4)20(23)21-18-12-8-9-13-19(18)24-16(3)17-10-6-5-7-11-17/h5-13,15-16H,14H2,1-4H3,(H,21,23). The fourth-order valence-corrected chi connectivity index (χ4v) is 2.50. The lowest BCUT2D eigenvalue weighted by Crippen LogP contribution is -2.34. The highest BCUT2D eigenvalue weighted by Gasteiger charge is 2.14. The van der Waals surface area contributed by atoms with E-state index < -0.39 is 0 Å². The highest BCUT2D eigenvalue weighted by molar-refractivity contribution is 5.90. The Labute approximate surface area is 144 Å². The molecule has 0 saturated carbocycles. The van der Waals surface area contributed by atoms with E-state index in [1.165, 1.54) is 0 Å². The average Bonchev–Trinajstić information content (AvgIpc) is 2.56. The first-order valence-electron chi connectivity index (χ1n) is 8.30. The van der Waals surface area contributed by atoms with Crippen molar-refractivity contribution in [2.24, 2.45) is 5.92 Å². The molecular weight excluding hydrogens is 300 g/mol. The van der Waals surface area contributed by atoms with E-state index in [0.29, 0.717) is 23.9 Å². The van der Waals surface area contributed by atoms with Crippen molar-refractivity contribution in [2.45, 2.75) is 26.9 Å². The lowest BCUT2D eigenvalue weighted by Gasteiger charge is -2.22. The zero-order valence-corrected chi connectivity index (χ0v) is 14.8. The van der Waals surface area contributed by atoms with Gasteiger partial charge in [0.15, 0.2) is 0 Å². The number of anilines is 1. The van der Waals surface area contributed by atoms with Gasteiger partial charge in [-0.05, 0) is 30.5 Å². The normalized spacial score (nSPS) is 11.9. The van der Waals surface area contributed by atoms with Gasteiger partial charge >= 0.3 is 6.03 Å². The zero-order valence-electron chi connectivity index (χ0n) is 14.8. The lowest BCUT2D eigenvalue weighted by molar-refractivity contribution is 0.215. The van der Waals surface area contributed by atoms with Crippen LogP contribution in [0.4, 0.5) is 10.5 Å². The van der Waals surface area contributed by atoms with Gasteiger partial charge in [-0.25, -0.2) is 4.79 Å². The van der Waals surface area contributed by atoms with E-state index in [1.807, 2.05) is 61.5 Å². The molecular formula is C20H26N2O2. The number of carbonyl (C=O) groups excluding carboxylic acids is 1. The third-order valence-electron chi connectivity index (χ3n) is 3.69. The van der Waals surface area contributed by atoms with Crippen molar-refractivity contribution < 1.29 is 9.53 Å². The first-order valence-corrected chi connectivity index (χ1v) is 8.30. The van der Waals surface area contributed by atoms with Crippen molar-refractivity contribution in [1.29, 1.82) is 0 Å². The van der Waals surface area contributed by atoms with Gasteiger partial charge < -0.3 is 15.0 Å². The molecule has 0 spiro atoms. The predicted molar refractivity (Wildman–Crippen MR) is 98.4 cm³/mol. The van der Waals surface area contributed by atoms with Crippen molar-refractivity contribution in [3.63, 3.8) is 0 Å². The number of hydrogen-bond donors (Lipinski definition) is 1. The molecule has 0 heterocycles. The zero-order chi connectivity index (χ0) is 17.5. The van der Waals surface area contributed by atoms with Gasteiger partial charge in [0.25, 0.3) is 0 Å². The smallest absolute Gasteiger partial charge is 0.321 e. The molecule has 2 aromatic rings. The summed E-state index contributed by atoms with van der Waals surface area (Å²) in [7, 11) is 1.80. The number of ether oxygens (including phenoxy) is 1. The van der Waals surface area contributed by atoms with Gasteiger partial charge in [-0.1, -0.05) is 56.3 Å². The highest BCUT2D eigenvalue weighted by Crippen LogP contribution is 2.29. The summed E-state index contributed by atoms with van der Waals surface area (Å²) in [5, 5.41) is 2.93. The van der Waals surface area contributed by atoms with Crippen LogP contribution in [-0.2, 0) is 0 Å². The minimum atomic E-state index is -0.132. The van der Waals surface area contributed by atoms with E-state index >= 15 is 0 Å². The van der Waals surface area contributed by atoms with Crippen LogP contribution < -0.4 is 10.1 Å². The molecule has 2 rings (SSSR count). The van der Waals surface area contributed by atoms with E-state index in [0.717, 1.165) is 5.56 Å². The van der Waals surface area contributed by atoms with Crippen molar-refractivity contribution in [3.05, 3.63) is 60.2 Å². The molecule has 2 amide bonds. The van der Waals surface area contributed by atoms with E-state index in [4.69, 9.17) is 4.74 Å². The third kappa shape index (κ3) is 5.01. The summed E-state index contributed by atoms with van der Waals surface area (Å²) in [4.78, 5) is 14.0. The summed E-state index contributed by atoms with van der Waals surface area (Å²) in [6.45, 7) is 6.87. The quantitative estimate of drug-likeness (QED) is 0.816. The number of benzene rings is 2. The maximum atomic E-state index is 12.3. The first-order chi connectivity index (χ1) is 11.5. The summed E-state index contributed by atoms with van der Waals surface area (Å²) in [5.41, 5.74) is 1.77. The van der Waals surface area contributed by atoms with Gasteiger partial charge in [-0.3, -0.25) is 0 Å². The molecule has 1 atom stereocenters. The number of amides is 2. The Morgan fingerprint density at radius 2 is 1.67 bits per heavy atom. The summed E-state index contributed by atoms with van der Waals surface area (Å²) >= 11 is 0. The Hall–Kier alpha value is -2.49. The predicted octanol–water partition coefficient (Wildman–Crippen LogP) is 4.95. The molecule has 0 fully saturated rings. The van der Waals surface area contributed by atoms with Crippen LogP contribution in [0.2, 0.25) is 0 Å². The second-order valence-electron chi connectivity index (χ2n) is 6.37. The van der Waals surface area contributed by atoms with Gasteiger partial charge in [0.05, 0.1) is 5.69 Å². The lowest BCUT2D eigenvalue weighted by atomic mass is 10.1. The number of rotatable bonds is 6. The largest absolute Gasteiger partial charge is 0.484 e. The average molecular weight is 326 g/mol. The molecule has 0 aromatic heterocycles. The van der Waals surface area contributed by atoms with Crippen LogP contribution in [0.25, 0.3) is 0 Å². The van der Waals surface area contributed by atoms with Gasteiger partial charge in [-0.2, -0.15) is 0 Å². The number of urea groups is 1. The van der Waals surface area contributed by atoms with E-state index in [1.54, 1.807) is 11.9 Å². The van der Waals surface area contributed by atoms with Gasteiger partial charge in [0, 0.05) is 13.6 Å². The number of carbonyl (C=O) groups is 1. The molecule has 1 N–H and O–H groups in total. The third-order valence-corrected chi connectivity index (χ3v) is 3.69. The number of nitrogens with one attached hydrogen (secondary N) is 1. The Kier molecular flexibility index (Phi) is 6.24. The molecule has 4 nitrogen and oxygen atoms in total. The summed E-state index contributed by atoms with van der Waals surface area (Å²) in [5.74, 6) is 1.09. The van der Waals surface area contributed by atoms with Gasteiger partial charge in [0.2, 0.25) is 0 Å². The summed E-state index contributed by atoms with van der Waals surface area (Å²) < 4.78 is 6.06. The molecule has 0 aliphatic carbocycles. The Balaban J connectivity index is 2.08. The Morgan fingerprint density at radius 3 is 2.33 bits per heavy atom. The van der Waals surface area contributed by atoms with E-state index in [-0.39, 0.29) is 12.1 Å². The molecule has 0 saturated heterocycles. The molecule has 128 valence electrons. The van der Waals surface area contributed by atoms with Crippen molar-refractivity contribution in [2.75, 3.05) is 18.9 Å². The Bertz CT molecular complexity index is 656. The van der Waals surface area contributed by atoms with Crippen LogP contribution in [0.5, 0.6) is 5.75 Å². The summed E-state index contributed by atoms with van der Waals surface area (Å²) in [6.07, 6.45) is -0.0994. The van der Waals surface area contributed by atoms with E-state index in [9.17, 15) is 4.79 Å². The second-order valence-corrected chi connectivity index (χ2v) is 6.37. The monoisotopic (exact) mass is 326 g/mol. The van der Waals surface area contributed by atoms with Crippen LogP contribution in [0.1, 0.15) is 32.4 Å². The molecule has 1 unspecified atom stereocenters. The minimum Gasteiger partial charge on any atom is -0.484 e. The van der Waals surface area contributed by atoms with Crippen LogP contribution in [-0.4, -0.2) is 24.5 Å². The maximum absolute atomic E-state index is 12.3. The first kappa shape index (κ1) is 17.9. The number of para-hydroxylation sites is 2. The molecule has 0 bridgehead atoms. The van der Waals surface area contributed by atoms with Crippen molar-refractivity contribution in [3.8, 4) is 5.75 Å². The number of nitrogens with zero attached hydrogens (tertiary/aromatic N) is 1. The topological polar surface area (TPSA) is 41.6 Å². The molecule has 4 heteroatoms. The Morgan fingerprint density at radius 1 is 1.04 bits per heavy atom. The highest BCUT2D eigenvalue weighted by atomic mass is 16.5. The fraction of sp³-hybridized carbons (Fsp3) is 0.350. The SMILES string of the molecule is CC(C)CN(C)C(=O)Nc1ccccc1OC(C)c1ccccc1. The summed E-state index contributed by atoms with van der Waals surface area (Å²) in [6, 6.07) is 17.4. The van der Waals surface area contributed by atoms with Crippen LogP contribution in [0.3, 0.4) is 0 Å². The van der Waals surface area contributed by atoms with Gasteiger partial charge in [-0.15, -0.1) is 0 Å². The molecule has 0 aliphatic rings. The van der Waals surface area contributed by atoms with Crippen molar-refractivity contribution in [1.82, 2.24) is 4.90 Å². The second kappa shape index (κ2) is 8.39.